The zero-order valence-electron chi connectivity index (χ0n) is 15.1. The normalized spacial score (nSPS) is 30.5. The van der Waals surface area contributed by atoms with Gasteiger partial charge in [0.2, 0.25) is 5.91 Å². The maximum atomic E-state index is 12.9. The van der Waals surface area contributed by atoms with Gasteiger partial charge in [-0.15, -0.1) is 0 Å². The Bertz CT molecular complexity index is 823. The second-order valence-corrected chi connectivity index (χ2v) is 7.61. The van der Waals surface area contributed by atoms with Crippen molar-refractivity contribution in [2.45, 2.75) is 43.8 Å². The van der Waals surface area contributed by atoms with Gasteiger partial charge in [0.15, 0.2) is 0 Å². The maximum Gasteiger partial charge on any atom is 0.308 e. The van der Waals surface area contributed by atoms with Crippen molar-refractivity contribution in [2.75, 3.05) is 7.11 Å². The highest BCUT2D eigenvalue weighted by Crippen LogP contribution is 2.48. The average Bonchev–Trinajstić information content (AvgIpc) is 3.32. The van der Waals surface area contributed by atoms with Gasteiger partial charge in [-0.2, -0.15) is 5.26 Å². The Morgan fingerprint density at radius 3 is 2.48 bits per heavy atom. The number of carbonyl (C=O) groups excluding carboxylic acids is 3. The predicted octanol–water partition coefficient (Wildman–Crippen LogP) is 1.23. The second-order valence-electron chi connectivity index (χ2n) is 7.61. The number of fused-ring (bicyclic) bond motifs is 1. The summed E-state index contributed by atoms with van der Waals surface area (Å²) in [5, 5.41) is 11.9. The molecule has 27 heavy (non-hydrogen) atoms. The molecule has 4 rings (SSSR count). The number of ether oxygens (including phenoxy) is 1. The van der Waals surface area contributed by atoms with Crippen LogP contribution in [0, 0.1) is 23.2 Å². The Labute approximate surface area is 157 Å². The van der Waals surface area contributed by atoms with Crippen molar-refractivity contribution in [2.24, 2.45) is 11.8 Å². The molecule has 3 atom stereocenters. The van der Waals surface area contributed by atoms with E-state index in [0.717, 1.165) is 6.42 Å². The van der Waals surface area contributed by atoms with Crippen LogP contribution >= 0.6 is 0 Å². The summed E-state index contributed by atoms with van der Waals surface area (Å²) in [6.45, 7) is 0. The molecule has 3 aliphatic rings. The molecule has 1 N–H and O–H groups in total. The van der Waals surface area contributed by atoms with Gasteiger partial charge < -0.3 is 15.0 Å². The van der Waals surface area contributed by atoms with Gasteiger partial charge in [0.1, 0.15) is 6.04 Å². The van der Waals surface area contributed by atoms with E-state index >= 15 is 0 Å². The van der Waals surface area contributed by atoms with Crippen LogP contribution in [0.2, 0.25) is 0 Å². The van der Waals surface area contributed by atoms with E-state index < -0.39 is 6.04 Å². The summed E-state index contributed by atoms with van der Waals surface area (Å²) in [6.07, 6.45) is 2.80. The lowest BCUT2D eigenvalue weighted by Gasteiger charge is -2.36. The van der Waals surface area contributed by atoms with Crippen LogP contribution in [-0.4, -0.2) is 47.9 Å². The molecule has 2 aliphatic carbocycles. The zero-order valence-corrected chi connectivity index (χ0v) is 15.1. The number of nitrogens with one attached hydrogen (secondary N) is 1. The van der Waals surface area contributed by atoms with Crippen molar-refractivity contribution >= 4 is 17.8 Å². The molecule has 0 radical (unpaired) electrons. The van der Waals surface area contributed by atoms with Gasteiger partial charge in [-0.3, -0.25) is 14.4 Å². The Morgan fingerprint density at radius 2 is 1.85 bits per heavy atom. The van der Waals surface area contributed by atoms with Gasteiger partial charge in [-0.1, -0.05) is 0 Å². The number of esters is 1. The number of rotatable bonds is 4. The predicted molar refractivity (Wildman–Crippen MR) is 94.3 cm³/mol. The molecule has 2 saturated carbocycles. The molecule has 1 heterocycles. The van der Waals surface area contributed by atoms with Crippen LogP contribution in [0.1, 0.15) is 41.6 Å². The molecular weight excluding hydrogens is 346 g/mol. The summed E-state index contributed by atoms with van der Waals surface area (Å²) in [7, 11) is 1.37. The van der Waals surface area contributed by atoms with Crippen molar-refractivity contribution in [3.8, 4) is 6.07 Å². The molecule has 1 aromatic carbocycles. The third-order valence-corrected chi connectivity index (χ3v) is 5.92. The molecule has 7 nitrogen and oxygen atoms in total. The quantitative estimate of drug-likeness (QED) is 0.807. The zero-order chi connectivity index (χ0) is 19.1. The number of benzene rings is 1. The van der Waals surface area contributed by atoms with Crippen LogP contribution in [-0.2, 0) is 14.3 Å². The SMILES string of the molecule is COC(=O)C1CC(NC(=O)[C@H]2C[C@H]3C[C@H]3N2C(=O)c2ccc(C#N)cc2)C1. The summed E-state index contributed by atoms with van der Waals surface area (Å²) >= 11 is 0. The molecule has 3 fully saturated rings. The molecule has 0 bridgehead atoms. The number of nitrogens with zero attached hydrogens (tertiary/aromatic N) is 2. The minimum atomic E-state index is -0.464. The topological polar surface area (TPSA) is 99.5 Å². The van der Waals surface area contributed by atoms with E-state index in [1.165, 1.54) is 7.11 Å². The van der Waals surface area contributed by atoms with Crippen LogP contribution in [0.15, 0.2) is 24.3 Å². The second kappa shape index (κ2) is 6.69. The first kappa shape index (κ1) is 17.5. The Hall–Kier alpha value is -2.88. The minimum absolute atomic E-state index is 0.0367. The molecule has 2 amide bonds. The van der Waals surface area contributed by atoms with Crippen molar-refractivity contribution in [1.82, 2.24) is 10.2 Å². The average molecular weight is 367 g/mol. The van der Waals surface area contributed by atoms with E-state index in [9.17, 15) is 14.4 Å². The van der Waals surface area contributed by atoms with Gasteiger partial charge in [0.05, 0.1) is 24.7 Å². The molecular formula is C20H21N3O4. The highest BCUT2D eigenvalue weighted by atomic mass is 16.5. The fourth-order valence-electron chi connectivity index (χ4n) is 4.21. The summed E-state index contributed by atoms with van der Waals surface area (Å²) < 4.78 is 4.72. The smallest absolute Gasteiger partial charge is 0.308 e. The Balaban J connectivity index is 1.40. The lowest BCUT2D eigenvalue weighted by atomic mass is 9.80. The number of methoxy groups -OCH3 is 1. The summed E-state index contributed by atoms with van der Waals surface area (Å²) in [4.78, 5) is 38.9. The first-order valence-electron chi connectivity index (χ1n) is 9.23. The number of carbonyl (C=O) groups is 3. The molecule has 1 aliphatic heterocycles. The number of likely N-dealkylation sites (tertiary alicyclic amines) is 1. The van der Waals surface area contributed by atoms with Crippen LogP contribution in [0.4, 0.5) is 0 Å². The third-order valence-electron chi connectivity index (χ3n) is 5.92. The summed E-state index contributed by atoms with van der Waals surface area (Å²) in [5.41, 5.74) is 0.991. The van der Waals surface area contributed by atoms with Crippen LogP contribution < -0.4 is 5.32 Å². The number of hydrogen-bond acceptors (Lipinski definition) is 5. The molecule has 7 heteroatoms. The first-order valence-corrected chi connectivity index (χ1v) is 9.23. The van der Waals surface area contributed by atoms with E-state index in [-0.39, 0.29) is 35.8 Å². The molecule has 140 valence electrons. The monoisotopic (exact) mass is 367 g/mol. The van der Waals surface area contributed by atoms with Gasteiger partial charge in [0.25, 0.3) is 5.91 Å². The standard InChI is InChI=1S/C20H21N3O4/c1-27-20(26)14-6-15(7-14)22-18(24)17-9-13-8-16(13)23(17)19(25)12-4-2-11(10-21)3-5-12/h2-5,13-17H,6-9H2,1H3,(H,22,24)/t13-,14?,15?,16-,17-/m1/s1. The van der Waals surface area contributed by atoms with E-state index in [4.69, 9.17) is 10.00 Å². The minimum Gasteiger partial charge on any atom is -0.469 e. The highest BCUT2D eigenvalue weighted by molar-refractivity contribution is 5.98. The van der Waals surface area contributed by atoms with E-state index in [0.29, 0.717) is 36.3 Å². The number of amides is 2. The fourth-order valence-corrected chi connectivity index (χ4v) is 4.21. The van der Waals surface area contributed by atoms with E-state index in [1.807, 2.05) is 6.07 Å². The maximum absolute atomic E-state index is 12.9. The Kier molecular flexibility index (Phi) is 4.34. The first-order chi connectivity index (χ1) is 13.0. The van der Waals surface area contributed by atoms with Gasteiger partial charge in [-0.05, 0) is 55.9 Å². The number of piperidine rings is 1. The molecule has 0 aromatic heterocycles. The Morgan fingerprint density at radius 1 is 1.15 bits per heavy atom. The van der Waals surface area contributed by atoms with Crippen LogP contribution in [0.25, 0.3) is 0 Å². The number of nitriles is 1. The molecule has 0 spiro atoms. The van der Waals surface area contributed by atoms with Crippen LogP contribution in [0.5, 0.6) is 0 Å². The lowest BCUT2D eigenvalue weighted by molar-refractivity contribution is -0.150. The fraction of sp³-hybridized carbons (Fsp3) is 0.500. The van der Waals surface area contributed by atoms with E-state index in [2.05, 4.69) is 5.32 Å². The van der Waals surface area contributed by atoms with Crippen molar-refractivity contribution in [3.63, 3.8) is 0 Å². The largest absolute Gasteiger partial charge is 0.469 e. The third kappa shape index (κ3) is 3.16. The van der Waals surface area contributed by atoms with Crippen molar-refractivity contribution in [1.29, 1.82) is 5.26 Å². The summed E-state index contributed by atoms with van der Waals surface area (Å²) in [6, 6.07) is 8.17. The molecule has 1 saturated heterocycles. The molecule has 0 unspecified atom stereocenters. The lowest BCUT2D eigenvalue weighted by Crippen LogP contribution is -2.54. The highest BCUT2D eigenvalue weighted by Gasteiger charge is 2.56. The molecule has 1 aromatic rings. The number of hydrogen-bond donors (Lipinski definition) is 1. The van der Waals surface area contributed by atoms with Crippen molar-refractivity contribution in [3.05, 3.63) is 35.4 Å². The van der Waals surface area contributed by atoms with Crippen LogP contribution in [0.3, 0.4) is 0 Å². The van der Waals surface area contributed by atoms with Crippen molar-refractivity contribution < 1.29 is 19.1 Å². The van der Waals surface area contributed by atoms with E-state index in [1.54, 1.807) is 29.2 Å². The van der Waals surface area contributed by atoms with Gasteiger partial charge in [-0.25, -0.2) is 0 Å². The van der Waals surface area contributed by atoms with Gasteiger partial charge in [0, 0.05) is 17.6 Å². The van der Waals surface area contributed by atoms with Gasteiger partial charge >= 0.3 is 5.97 Å². The summed E-state index contributed by atoms with van der Waals surface area (Å²) in [5.74, 6) is -0.288.